The van der Waals surface area contributed by atoms with Crippen LogP contribution in [0, 0.1) is 11.3 Å². The Kier molecular flexibility index (Phi) is 2.58. The van der Waals surface area contributed by atoms with Gasteiger partial charge in [0.05, 0.1) is 12.4 Å². The van der Waals surface area contributed by atoms with Crippen LogP contribution in [0.1, 0.15) is 4.88 Å². The maximum absolute atomic E-state index is 8.67. The largest absolute Gasteiger partial charge is 0.427 e. The van der Waals surface area contributed by atoms with Gasteiger partial charge in [0, 0.05) is 7.05 Å². The quantitative estimate of drug-likeness (QED) is 0.807. The van der Waals surface area contributed by atoms with Gasteiger partial charge in [-0.3, -0.25) is 4.68 Å². The Morgan fingerprint density at radius 1 is 1.67 bits per heavy atom. The van der Waals surface area contributed by atoms with Crippen LogP contribution >= 0.6 is 22.9 Å². The highest BCUT2D eigenvalue weighted by molar-refractivity contribution is 7.14. The first-order valence-electron chi connectivity index (χ1n) is 3.92. The Hall–Kier alpha value is -1.58. The Balaban J connectivity index is 2.22. The lowest BCUT2D eigenvalue weighted by Gasteiger charge is -1.94. The molecule has 0 atom stereocenters. The van der Waals surface area contributed by atoms with Gasteiger partial charge in [-0.1, -0.05) is 22.9 Å². The van der Waals surface area contributed by atoms with E-state index in [4.69, 9.17) is 21.6 Å². The number of hydrogen-bond acceptors (Lipinski definition) is 5. The first-order chi connectivity index (χ1) is 7.19. The highest BCUT2D eigenvalue weighted by Gasteiger charge is 2.10. The smallest absolute Gasteiger partial charge is 0.281 e. The Morgan fingerprint density at radius 3 is 3.00 bits per heavy atom. The number of thiazole rings is 1. The molecule has 0 aliphatic rings. The molecule has 0 saturated heterocycles. The van der Waals surface area contributed by atoms with Crippen LogP contribution in [0.15, 0.2) is 12.4 Å². The summed E-state index contributed by atoms with van der Waals surface area (Å²) in [5.41, 5.74) is 0. The maximum Gasteiger partial charge on any atom is 0.281 e. The SMILES string of the molecule is Cn1cc(Oc2nc(Cl)c(C#N)s2)cn1. The summed E-state index contributed by atoms with van der Waals surface area (Å²) in [6.45, 7) is 0. The predicted molar refractivity (Wildman–Crippen MR) is 55.1 cm³/mol. The van der Waals surface area contributed by atoms with E-state index >= 15 is 0 Å². The number of hydrogen-bond donors (Lipinski definition) is 0. The van der Waals surface area contributed by atoms with E-state index in [-0.39, 0.29) is 5.15 Å². The summed E-state index contributed by atoms with van der Waals surface area (Å²) in [4.78, 5) is 4.23. The second kappa shape index (κ2) is 3.88. The van der Waals surface area contributed by atoms with Gasteiger partial charge in [-0.15, -0.1) is 0 Å². The van der Waals surface area contributed by atoms with Crippen molar-refractivity contribution in [3.8, 4) is 17.0 Å². The minimum Gasteiger partial charge on any atom is -0.427 e. The van der Waals surface area contributed by atoms with Crippen LogP contribution in [0.3, 0.4) is 0 Å². The number of ether oxygens (including phenoxy) is 1. The van der Waals surface area contributed by atoms with E-state index in [2.05, 4.69) is 10.1 Å². The van der Waals surface area contributed by atoms with Crippen molar-refractivity contribution < 1.29 is 4.74 Å². The molecule has 0 fully saturated rings. The van der Waals surface area contributed by atoms with Crippen molar-refractivity contribution in [2.45, 2.75) is 0 Å². The van der Waals surface area contributed by atoms with Gasteiger partial charge < -0.3 is 4.74 Å². The molecule has 0 aromatic carbocycles. The molecule has 7 heteroatoms. The topological polar surface area (TPSA) is 63.7 Å². The number of halogens is 1. The molecule has 0 radical (unpaired) electrons. The molecule has 0 spiro atoms. The molecule has 5 nitrogen and oxygen atoms in total. The fourth-order valence-corrected chi connectivity index (χ4v) is 1.86. The second-order valence-corrected chi connectivity index (χ2v) is 3.98. The molecule has 2 heterocycles. The van der Waals surface area contributed by atoms with Crippen molar-refractivity contribution in [1.82, 2.24) is 14.8 Å². The van der Waals surface area contributed by atoms with Crippen molar-refractivity contribution in [1.29, 1.82) is 5.26 Å². The van der Waals surface area contributed by atoms with E-state index in [1.54, 1.807) is 24.1 Å². The molecular weight excluding hydrogens is 236 g/mol. The third-order valence-electron chi connectivity index (χ3n) is 1.55. The van der Waals surface area contributed by atoms with Gasteiger partial charge in [-0.25, -0.2) is 0 Å². The predicted octanol–water partition coefficient (Wildman–Crippen LogP) is 2.19. The molecule has 0 unspecified atom stereocenters. The van der Waals surface area contributed by atoms with E-state index in [1.807, 2.05) is 6.07 Å². The second-order valence-electron chi connectivity index (χ2n) is 2.66. The first-order valence-corrected chi connectivity index (χ1v) is 5.11. The summed E-state index contributed by atoms with van der Waals surface area (Å²) < 4.78 is 6.96. The van der Waals surface area contributed by atoms with Crippen LogP contribution in [0.4, 0.5) is 0 Å². The average molecular weight is 241 g/mol. The zero-order chi connectivity index (χ0) is 10.8. The van der Waals surface area contributed by atoms with E-state index in [0.29, 0.717) is 15.8 Å². The molecule has 0 amide bonds. The van der Waals surface area contributed by atoms with Gasteiger partial charge in [-0.2, -0.15) is 15.3 Å². The van der Waals surface area contributed by atoms with Gasteiger partial charge in [0.1, 0.15) is 10.9 Å². The van der Waals surface area contributed by atoms with Gasteiger partial charge in [0.2, 0.25) is 0 Å². The van der Waals surface area contributed by atoms with Crippen LogP contribution in [-0.4, -0.2) is 14.8 Å². The maximum atomic E-state index is 8.67. The number of nitrogens with zero attached hydrogens (tertiary/aromatic N) is 4. The Morgan fingerprint density at radius 2 is 2.47 bits per heavy atom. The summed E-state index contributed by atoms with van der Waals surface area (Å²) in [6.07, 6.45) is 3.25. The van der Waals surface area contributed by atoms with Gasteiger partial charge in [-0.05, 0) is 0 Å². The van der Waals surface area contributed by atoms with Crippen LogP contribution in [0.2, 0.25) is 5.15 Å². The summed E-state index contributed by atoms with van der Waals surface area (Å²) in [6, 6.07) is 1.93. The van der Waals surface area contributed by atoms with Gasteiger partial charge in [0.25, 0.3) is 5.19 Å². The summed E-state index contributed by atoms with van der Waals surface area (Å²) in [7, 11) is 1.78. The first kappa shape index (κ1) is 9.96. The Bertz CT molecular complexity index is 527. The molecular formula is C8H5ClN4OS. The van der Waals surface area contributed by atoms with Crippen molar-refractivity contribution in [2.24, 2.45) is 7.05 Å². The molecule has 0 bridgehead atoms. The number of aryl methyl sites for hydroxylation is 1. The van der Waals surface area contributed by atoms with Crippen LogP contribution in [0.25, 0.3) is 0 Å². The zero-order valence-corrected chi connectivity index (χ0v) is 9.21. The van der Waals surface area contributed by atoms with Crippen molar-refractivity contribution in [2.75, 3.05) is 0 Å². The van der Waals surface area contributed by atoms with Gasteiger partial charge in [0.15, 0.2) is 10.9 Å². The van der Waals surface area contributed by atoms with Crippen molar-refractivity contribution >= 4 is 22.9 Å². The Labute approximate surface area is 94.5 Å². The summed E-state index contributed by atoms with van der Waals surface area (Å²) >= 11 is 6.79. The lowest BCUT2D eigenvalue weighted by molar-refractivity contribution is 0.478. The normalized spacial score (nSPS) is 9.93. The monoisotopic (exact) mass is 240 g/mol. The molecule has 2 aromatic heterocycles. The summed E-state index contributed by atoms with van der Waals surface area (Å²) in [5.74, 6) is 0.562. The average Bonchev–Trinajstić information content (AvgIpc) is 2.73. The molecule has 15 heavy (non-hydrogen) atoms. The van der Waals surface area contributed by atoms with E-state index in [0.717, 1.165) is 11.3 Å². The standard InChI is InChI=1S/C8H5ClN4OS/c1-13-4-5(3-11-13)14-8-12-7(9)6(2-10)15-8/h3-4H,1H3. The molecule has 2 rings (SSSR count). The van der Waals surface area contributed by atoms with Crippen LogP contribution < -0.4 is 4.74 Å². The van der Waals surface area contributed by atoms with Crippen LogP contribution in [-0.2, 0) is 7.05 Å². The fraction of sp³-hybridized carbons (Fsp3) is 0.125. The minimum atomic E-state index is 0.168. The zero-order valence-electron chi connectivity index (χ0n) is 7.64. The molecule has 0 saturated carbocycles. The van der Waals surface area contributed by atoms with Crippen molar-refractivity contribution in [3.63, 3.8) is 0 Å². The third kappa shape index (κ3) is 2.09. The minimum absolute atomic E-state index is 0.168. The van der Waals surface area contributed by atoms with Crippen molar-refractivity contribution in [3.05, 3.63) is 22.4 Å². The number of rotatable bonds is 2. The highest BCUT2D eigenvalue weighted by atomic mass is 35.5. The molecule has 0 aliphatic heterocycles. The molecule has 0 N–H and O–H groups in total. The number of aromatic nitrogens is 3. The fourth-order valence-electron chi connectivity index (χ4n) is 0.948. The third-order valence-corrected chi connectivity index (χ3v) is 2.78. The molecule has 2 aromatic rings. The summed E-state index contributed by atoms with van der Waals surface area (Å²) in [5, 5.41) is 13.1. The number of nitriles is 1. The molecule has 0 aliphatic carbocycles. The van der Waals surface area contributed by atoms with Gasteiger partial charge >= 0.3 is 0 Å². The van der Waals surface area contributed by atoms with E-state index in [9.17, 15) is 0 Å². The van der Waals surface area contributed by atoms with Crippen LogP contribution in [0.5, 0.6) is 10.9 Å². The lowest BCUT2D eigenvalue weighted by Crippen LogP contribution is -1.84. The lowest BCUT2D eigenvalue weighted by atomic mass is 10.6. The highest BCUT2D eigenvalue weighted by Crippen LogP contribution is 2.30. The van der Waals surface area contributed by atoms with E-state index in [1.165, 1.54) is 0 Å². The van der Waals surface area contributed by atoms with E-state index < -0.39 is 0 Å². The molecule has 76 valence electrons.